The van der Waals surface area contributed by atoms with E-state index in [1.54, 1.807) is 6.20 Å². The molecule has 0 saturated carbocycles. The Bertz CT molecular complexity index is 812. The van der Waals surface area contributed by atoms with Gasteiger partial charge in [-0.2, -0.15) is 0 Å². The zero-order valence-electron chi connectivity index (χ0n) is 9.85. The molecule has 0 radical (unpaired) electrons. The average molecular weight is 272 g/mol. The fourth-order valence-electron chi connectivity index (χ4n) is 1.99. The fourth-order valence-corrected chi connectivity index (χ4v) is 2.20. The highest BCUT2D eigenvalue weighted by molar-refractivity contribution is 6.34. The largest absolute Gasteiger partial charge is 0.383 e. The lowest BCUT2D eigenvalue weighted by molar-refractivity contribution is 1.25. The van der Waals surface area contributed by atoms with Crippen molar-refractivity contribution in [2.24, 2.45) is 0 Å². The van der Waals surface area contributed by atoms with Crippen LogP contribution in [0, 0.1) is 0 Å². The lowest BCUT2D eigenvalue weighted by Gasteiger charge is -2.07. The molecule has 3 rings (SSSR count). The number of halogens is 1. The minimum absolute atomic E-state index is 0.0591. The van der Waals surface area contributed by atoms with E-state index in [9.17, 15) is 4.79 Å². The van der Waals surface area contributed by atoms with Gasteiger partial charge in [0.2, 0.25) is 0 Å². The van der Waals surface area contributed by atoms with Crippen LogP contribution in [0.2, 0.25) is 5.02 Å². The Balaban J connectivity index is 2.33. The maximum Gasteiger partial charge on any atom is 0.268 e. The van der Waals surface area contributed by atoms with Crippen LogP contribution in [0.25, 0.3) is 22.0 Å². The number of anilines is 1. The summed E-state index contributed by atoms with van der Waals surface area (Å²) in [7, 11) is 0. The molecule has 2 heterocycles. The maximum absolute atomic E-state index is 11.4. The van der Waals surface area contributed by atoms with Crippen LogP contribution in [0.15, 0.2) is 47.4 Å². The lowest BCUT2D eigenvalue weighted by Crippen LogP contribution is -2.07. The molecular weight excluding hydrogens is 262 g/mol. The van der Waals surface area contributed by atoms with E-state index in [1.807, 2.05) is 36.4 Å². The van der Waals surface area contributed by atoms with E-state index in [0.717, 1.165) is 16.5 Å². The monoisotopic (exact) mass is 271 g/mol. The molecule has 0 amide bonds. The molecule has 0 unspecified atom stereocenters. The molecule has 94 valence electrons. The molecule has 0 aliphatic heterocycles. The maximum atomic E-state index is 11.4. The molecule has 0 saturated heterocycles. The Morgan fingerprint density at radius 3 is 2.68 bits per heavy atom. The second-order valence-electron chi connectivity index (χ2n) is 4.16. The quantitative estimate of drug-likeness (QED) is 0.715. The van der Waals surface area contributed by atoms with Gasteiger partial charge in [0, 0.05) is 17.1 Å². The number of hydrogen-bond donors (Lipinski definition) is 2. The van der Waals surface area contributed by atoms with Gasteiger partial charge in [-0.3, -0.25) is 4.79 Å². The van der Waals surface area contributed by atoms with Crippen LogP contribution in [-0.4, -0.2) is 9.97 Å². The van der Waals surface area contributed by atoms with Crippen molar-refractivity contribution in [1.29, 1.82) is 0 Å². The van der Waals surface area contributed by atoms with Gasteiger partial charge in [0.15, 0.2) is 0 Å². The third-order valence-electron chi connectivity index (χ3n) is 2.93. The number of rotatable bonds is 1. The SMILES string of the molecule is Nc1nc2c(Cl)c(=O)[nH]cc2cc1-c1ccccc1. The summed E-state index contributed by atoms with van der Waals surface area (Å²) in [6.45, 7) is 0. The third kappa shape index (κ3) is 1.96. The van der Waals surface area contributed by atoms with Crippen molar-refractivity contribution in [1.82, 2.24) is 9.97 Å². The standard InChI is InChI=1S/C14H10ClN3O/c15-11-12-9(7-17-14(11)19)6-10(13(16)18-12)8-4-2-1-3-5-8/h1-7H,(H2,16,18)(H,17,19). The van der Waals surface area contributed by atoms with Gasteiger partial charge in [0.1, 0.15) is 10.8 Å². The molecule has 3 N–H and O–H groups in total. The number of nitrogen functional groups attached to an aromatic ring is 1. The summed E-state index contributed by atoms with van der Waals surface area (Å²) in [5.41, 5.74) is 7.79. The molecule has 0 aliphatic carbocycles. The van der Waals surface area contributed by atoms with Crippen LogP contribution in [0.5, 0.6) is 0 Å². The molecule has 0 atom stereocenters. The van der Waals surface area contributed by atoms with E-state index in [4.69, 9.17) is 17.3 Å². The highest BCUT2D eigenvalue weighted by Gasteiger charge is 2.10. The van der Waals surface area contributed by atoms with Crippen LogP contribution in [0.1, 0.15) is 0 Å². The Morgan fingerprint density at radius 1 is 1.21 bits per heavy atom. The molecular formula is C14H10ClN3O. The van der Waals surface area contributed by atoms with Gasteiger partial charge in [0.05, 0.1) is 5.52 Å². The summed E-state index contributed by atoms with van der Waals surface area (Å²) in [5, 5.41) is 0.807. The fraction of sp³-hybridized carbons (Fsp3) is 0. The van der Waals surface area contributed by atoms with Crippen LogP contribution < -0.4 is 11.3 Å². The number of fused-ring (bicyclic) bond motifs is 1. The molecule has 4 nitrogen and oxygen atoms in total. The third-order valence-corrected chi connectivity index (χ3v) is 3.28. The number of nitrogens with one attached hydrogen (secondary N) is 1. The van der Waals surface area contributed by atoms with Crippen molar-refractivity contribution >= 4 is 28.3 Å². The normalized spacial score (nSPS) is 10.8. The molecule has 0 fully saturated rings. The molecule has 0 aliphatic rings. The second-order valence-corrected chi connectivity index (χ2v) is 4.53. The number of H-pyrrole nitrogens is 1. The average Bonchev–Trinajstić information content (AvgIpc) is 2.44. The van der Waals surface area contributed by atoms with Gasteiger partial charge in [-0.05, 0) is 11.6 Å². The number of pyridine rings is 2. The smallest absolute Gasteiger partial charge is 0.268 e. The number of benzene rings is 1. The van der Waals surface area contributed by atoms with E-state index < -0.39 is 0 Å². The van der Waals surface area contributed by atoms with Crippen molar-refractivity contribution in [3.05, 3.63) is 58.0 Å². The van der Waals surface area contributed by atoms with E-state index in [0.29, 0.717) is 11.3 Å². The van der Waals surface area contributed by atoms with E-state index >= 15 is 0 Å². The molecule has 0 bridgehead atoms. The van der Waals surface area contributed by atoms with E-state index in [-0.39, 0.29) is 10.6 Å². The van der Waals surface area contributed by atoms with Gasteiger partial charge >= 0.3 is 0 Å². The van der Waals surface area contributed by atoms with Gasteiger partial charge < -0.3 is 10.7 Å². The first kappa shape index (κ1) is 11.7. The summed E-state index contributed by atoms with van der Waals surface area (Å²) in [6.07, 6.45) is 1.59. The van der Waals surface area contributed by atoms with Gasteiger partial charge in [0.25, 0.3) is 5.56 Å². The number of nitrogens with zero attached hydrogens (tertiary/aromatic N) is 1. The van der Waals surface area contributed by atoms with Crippen LogP contribution in [0.4, 0.5) is 5.82 Å². The highest BCUT2D eigenvalue weighted by atomic mass is 35.5. The van der Waals surface area contributed by atoms with Gasteiger partial charge in [-0.1, -0.05) is 41.9 Å². The summed E-state index contributed by atoms with van der Waals surface area (Å²) in [4.78, 5) is 18.2. The molecule has 0 spiro atoms. The Morgan fingerprint density at radius 2 is 1.95 bits per heavy atom. The van der Waals surface area contributed by atoms with Crippen molar-refractivity contribution in [3.8, 4) is 11.1 Å². The lowest BCUT2D eigenvalue weighted by atomic mass is 10.1. The van der Waals surface area contributed by atoms with Crippen molar-refractivity contribution < 1.29 is 0 Å². The zero-order valence-corrected chi connectivity index (χ0v) is 10.6. The summed E-state index contributed by atoms with van der Waals surface area (Å²) < 4.78 is 0. The Hall–Kier alpha value is -2.33. The molecule has 1 aromatic carbocycles. The minimum atomic E-state index is -0.367. The number of aromatic nitrogens is 2. The van der Waals surface area contributed by atoms with Crippen molar-refractivity contribution in [2.75, 3.05) is 5.73 Å². The molecule has 5 heteroatoms. The Kier molecular flexibility index (Phi) is 2.72. The Labute approximate surface area is 113 Å². The minimum Gasteiger partial charge on any atom is -0.383 e. The predicted molar refractivity (Wildman–Crippen MR) is 77.2 cm³/mol. The van der Waals surface area contributed by atoms with Crippen LogP contribution >= 0.6 is 11.6 Å². The van der Waals surface area contributed by atoms with Crippen LogP contribution in [-0.2, 0) is 0 Å². The molecule has 3 aromatic rings. The van der Waals surface area contributed by atoms with Gasteiger partial charge in [-0.25, -0.2) is 4.98 Å². The molecule has 19 heavy (non-hydrogen) atoms. The summed E-state index contributed by atoms with van der Waals surface area (Å²) in [5.74, 6) is 0.353. The number of nitrogens with two attached hydrogens (primary N) is 1. The highest BCUT2D eigenvalue weighted by Crippen LogP contribution is 2.29. The predicted octanol–water partition coefficient (Wildman–Crippen LogP) is 2.83. The summed E-state index contributed by atoms with van der Waals surface area (Å²) in [6, 6.07) is 11.6. The van der Waals surface area contributed by atoms with E-state index in [2.05, 4.69) is 9.97 Å². The van der Waals surface area contributed by atoms with Crippen LogP contribution in [0.3, 0.4) is 0 Å². The number of aromatic amines is 1. The topological polar surface area (TPSA) is 71.8 Å². The van der Waals surface area contributed by atoms with Gasteiger partial charge in [-0.15, -0.1) is 0 Å². The number of hydrogen-bond acceptors (Lipinski definition) is 3. The second kappa shape index (κ2) is 4.40. The first-order chi connectivity index (χ1) is 9.16. The first-order valence-corrected chi connectivity index (χ1v) is 6.07. The molecule has 2 aromatic heterocycles. The van der Waals surface area contributed by atoms with E-state index in [1.165, 1.54) is 0 Å². The van der Waals surface area contributed by atoms with Crippen molar-refractivity contribution in [2.45, 2.75) is 0 Å². The zero-order chi connectivity index (χ0) is 13.4. The first-order valence-electron chi connectivity index (χ1n) is 5.69. The summed E-state index contributed by atoms with van der Waals surface area (Å²) >= 11 is 5.93. The van der Waals surface area contributed by atoms with Crippen molar-refractivity contribution in [3.63, 3.8) is 0 Å².